The number of ether oxygens (including phenoxy) is 1. The molecule has 2 rings (SSSR count). The third-order valence-corrected chi connectivity index (χ3v) is 3.31. The first-order chi connectivity index (χ1) is 11.3. The van der Waals surface area contributed by atoms with Crippen molar-refractivity contribution in [3.05, 3.63) is 41.7 Å². The summed E-state index contributed by atoms with van der Waals surface area (Å²) in [5.41, 5.74) is 3.19. The third kappa shape index (κ3) is 4.85. The van der Waals surface area contributed by atoms with E-state index in [1.807, 2.05) is 46.0 Å². The van der Waals surface area contributed by atoms with Crippen LogP contribution in [0.1, 0.15) is 31.9 Å². The summed E-state index contributed by atoms with van der Waals surface area (Å²) in [4.78, 5) is 11.6. The van der Waals surface area contributed by atoms with E-state index in [0.717, 1.165) is 16.7 Å². The molecule has 6 heteroatoms. The molecular weight excluding hydrogens is 304 g/mol. The lowest BCUT2D eigenvalue weighted by atomic mass is 10.0. The fraction of sp³-hybridized carbons (Fsp3) is 0.389. The van der Waals surface area contributed by atoms with Crippen LogP contribution in [0, 0.1) is 18.3 Å². The minimum Gasteiger partial charge on any atom is -0.444 e. The van der Waals surface area contributed by atoms with E-state index >= 15 is 0 Å². The topological polar surface area (TPSA) is 79.9 Å². The number of aromatic nitrogens is 2. The highest BCUT2D eigenvalue weighted by atomic mass is 16.6. The Morgan fingerprint density at radius 1 is 1.42 bits per heavy atom. The monoisotopic (exact) mass is 326 g/mol. The Morgan fingerprint density at radius 2 is 2.17 bits per heavy atom. The highest BCUT2D eigenvalue weighted by Crippen LogP contribution is 2.23. The largest absolute Gasteiger partial charge is 0.444 e. The zero-order chi connectivity index (χ0) is 17.7. The van der Waals surface area contributed by atoms with Gasteiger partial charge in [0.25, 0.3) is 0 Å². The van der Waals surface area contributed by atoms with Crippen LogP contribution < -0.4 is 5.32 Å². The molecule has 0 aliphatic carbocycles. The predicted octanol–water partition coefficient (Wildman–Crippen LogP) is 3.25. The summed E-state index contributed by atoms with van der Waals surface area (Å²) >= 11 is 0. The van der Waals surface area contributed by atoms with E-state index < -0.39 is 11.7 Å². The SMILES string of the molecule is Cc1cc(C#N)ccc1-c1cnn(CCNC(=O)OC(C)(C)C)c1. The highest BCUT2D eigenvalue weighted by Gasteiger charge is 2.15. The summed E-state index contributed by atoms with van der Waals surface area (Å²) in [5.74, 6) is 0. The molecule has 126 valence electrons. The van der Waals surface area contributed by atoms with Crippen LogP contribution in [0.3, 0.4) is 0 Å². The van der Waals surface area contributed by atoms with E-state index in [2.05, 4.69) is 16.5 Å². The first-order valence-electron chi connectivity index (χ1n) is 7.79. The van der Waals surface area contributed by atoms with Gasteiger partial charge in [0.15, 0.2) is 0 Å². The molecule has 1 heterocycles. The number of carbonyl (C=O) groups is 1. The number of benzene rings is 1. The fourth-order valence-electron chi connectivity index (χ4n) is 2.27. The van der Waals surface area contributed by atoms with E-state index in [1.165, 1.54) is 0 Å². The maximum atomic E-state index is 11.6. The van der Waals surface area contributed by atoms with Crippen LogP contribution >= 0.6 is 0 Å². The molecule has 0 unspecified atom stereocenters. The number of nitriles is 1. The number of carbonyl (C=O) groups excluding carboxylic acids is 1. The molecule has 0 saturated heterocycles. The van der Waals surface area contributed by atoms with Gasteiger partial charge in [-0.15, -0.1) is 0 Å². The Bertz CT molecular complexity index is 766. The summed E-state index contributed by atoms with van der Waals surface area (Å²) in [5, 5.41) is 15.9. The maximum Gasteiger partial charge on any atom is 0.407 e. The number of rotatable bonds is 4. The fourth-order valence-corrected chi connectivity index (χ4v) is 2.27. The predicted molar refractivity (Wildman–Crippen MR) is 91.4 cm³/mol. The number of alkyl carbamates (subject to hydrolysis) is 1. The molecule has 1 aromatic heterocycles. The van der Waals surface area contributed by atoms with Gasteiger partial charge in [-0.05, 0) is 51.0 Å². The van der Waals surface area contributed by atoms with E-state index in [9.17, 15) is 4.79 Å². The minimum atomic E-state index is -0.504. The Kier molecular flexibility index (Phi) is 5.24. The Hall–Kier alpha value is -2.81. The molecular formula is C18H22N4O2. The molecule has 0 aliphatic heterocycles. The van der Waals surface area contributed by atoms with E-state index in [4.69, 9.17) is 10.00 Å². The number of nitrogens with zero attached hydrogens (tertiary/aromatic N) is 3. The van der Waals surface area contributed by atoms with Gasteiger partial charge >= 0.3 is 6.09 Å². The molecule has 0 aliphatic rings. The average molecular weight is 326 g/mol. The van der Waals surface area contributed by atoms with Gasteiger partial charge in [0.1, 0.15) is 5.60 Å². The van der Waals surface area contributed by atoms with Gasteiger partial charge in [-0.1, -0.05) is 6.07 Å². The van der Waals surface area contributed by atoms with E-state index in [-0.39, 0.29) is 0 Å². The summed E-state index contributed by atoms with van der Waals surface area (Å²) in [6.45, 7) is 8.43. The second-order valence-corrected chi connectivity index (χ2v) is 6.56. The lowest BCUT2D eigenvalue weighted by Crippen LogP contribution is -2.34. The molecule has 24 heavy (non-hydrogen) atoms. The zero-order valence-corrected chi connectivity index (χ0v) is 14.5. The van der Waals surface area contributed by atoms with Crippen molar-refractivity contribution in [2.75, 3.05) is 6.54 Å². The standard InChI is InChI=1S/C18H22N4O2/c1-13-9-14(10-19)5-6-16(13)15-11-21-22(12-15)8-7-20-17(23)24-18(2,3)4/h5-6,9,11-12H,7-8H2,1-4H3,(H,20,23). The van der Waals surface area contributed by atoms with Crippen molar-refractivity contribution in [3.8, 4) is 17.2 Å². The lowest BCUT2D eigenvalue weighted by Gasteiger charge is -2.19. The van der Waals surface area contributed by atoms with Crippen LogP contribution in [-0.2, 0) is 11.3 Å². The van der Waals surface area contributed by atoms with Gasteiger partial charge in [0.05, 0.1) is 24.4 Å². The van der Waals surface area contributed by atoms with Crippen molar-refractivity contribution in [2.45, 2.75) is 39.8 Å². The minimum absolute atomic E-state index is 0.433. The van der Waals surface area contributed by atoms with Crippen LogP contribution in [-0.4, -0.2) is 28.0 Å². The van der Waals surface area contributed by atoms with Gasteiger partial charge in [-0.2, -0.15) is 10.4 Å². The first-order valence-corrected chi connectivity index (χ1v) is 7.79. The first kappa shape index (κ1) is 17.5. The van der Waals surface area contributed by atoms with Crippen LogP contribution in [0.2, 0.25) is 0 Å². The molecule has 6 nitrogen and oxygen atoms in total. The average Bonchev–Trinajstić information content (AvgIpc) is 2.93. The van der Waals surface area contributed by atoms with Crippen molar-refractivity contribution in [1.29, 1.82) is 5.26 Å². The molecule has 2 aromatic rings. The maximum absolute atomic E-state index is 11.6. The lowest BCUT2D eigenvalue weighted by molar-refractivity contribution is 0.0525. The normalized spacial score (nSPS) is 11.0. The van der Waals surface area contributed by atoms with Crippen LogP contribution in [0.4, 0.5) is 4.79 Å². The summed E-state index contributed by atoms with van der Waals surface area (Å²) in [6, 6.07) is 7.71. The van der Waals surface area contributed by atoms with Gasteiger partial charge in [0, 0.05) is 18.3 Å². The van der Waals surface area contributed by atoms with E-state index in [1.54, 1.807) is 16.9 Å². The van der Waals surface area contributed by atoms with Crippen molar-refractivity contribution < 1.29 is 9.53 Å². The van der Waals surface area contributed by atoms with Crippen molar-refractivity contribution in [3.63, 3.8) is 0 Å². The van der Waals surface area contributed by atoms with E-state index in [0.29, 0.717) is 18.7 Å². The molecule has 0 fully saturated rings. The summed E-state index contributed by atoms with van der Waals surface area (Å²) in [7, 11) is 0. The summed E-state index contributed by atoms with van der Waals surface area (Å²) in [6.07, 6.45) is 3.27. The Balaban J connectivity index is 1.94. The van der Waals surface area contributed by atoms with Gasteiger partial charge in [-0.25, -0.2) is 4.79 Å². The highest BCUT2D eigenvalue weighted by molar-refractivity contribution is 5.68. The van der Waals surface area contributed by atoms with Crippen molar-refractivity contribution >= 4 is 6.09 Å². The second kappa shape index (κ2) is 7.18. The Morgan fingerprint density at radius 3 is 2.79 bits per heavy atom. The van der Waals surface area contributed by atoms with Gasteiger partial charge in [0.2, 0.25) is 0 Å². The smallest absolute Gasteiger partial charge is 0.407 e. The van der Waals surface area contributed by atoms with Crippen LogP contribution in [0.15, 0.2) is 30.6 Å². The van der Waals surface area contributed by atoms with Crippen LogP contribution in [0.25, 0.3) is 11.1 Å². The van der Waals surface area contributed by atoms with Crippen molar-refractivity contribution in [1.82, 2.24) is 15.1 Å². The molecule has 1 N–H and O–H groups in total. The quantitative estimate of drug-likeness (QED) is 0.935. The number of hydrogen-bond acceptors (Lipinski definition) is 4. The van der Waals surface area contributed by atoms with Gasteiger partial charge in [-0.3, -0.25) is 4.68 Å². The molecule has 0 atom stereocenters. The van der Waals surface area contributed by atoms with Gasteiger partial charge < -0.3 is 10.1 Å². The number of aryl methyl sites for hydroxylation is 1. The number of nitrogens with one attached hydrogen (secondary N) is 1. The molecule has 0 bridgehead atoms. The third-order valence-electron chi connectivity index (χ3n) is 3.31. The Labute approximate surface area is 142 Å². The number of amides is 1. The second-order valence-electron chi connectivity index (χ2n) is 6.56. The molecule has 0 radical (unpaired) electrons. The molecule has 0 spiro atoms. The molecule has 0 saturated carbocycles. The zero-order valence-electron chi connectivity index (χ0n) is 14.5. The number of hydrogen-bond donors (Lipinski definition) is 1. The van der Waals surface area contributed by atoms with Crippen LogP contribution in [0.5, 0.6) is 0 Å². The molecule has 1 amide bonds. The van der Waals surface area contributed by atoms with Crippen molar-refractivity contribution in [2.24, 2.45) is 0 Å². The summed E-state index contributed by atoms with van der Waals surface area (Å²) < 4.78 is 6.95. The molecule has 1 aromatic carbocycles.